The zero-order valence-corrected chi connectivity index (χ0v) is 18.5. The highest BCUT2D eigenvalue weighted by Gasteiger charge is 2.19. The highest BCUT2D eigenvalue weighted by Crippen LogP contribution is 2.35. The molecule has 168 valence electrons. The summed E-state index contributed by atoms with van der Waals surface area (Å²) in [5, 5.41) is 12.2. The molecule has 0 heterocycles. The van der Waals surface area contributed by atoms with Crippen molar-refractivity contribution in [2.24, 2.45) is 0 Å². The van der Waals surface area contributed by atoms with Crippen molar-refractivity contribution in [1.82, 2.24) is 0 Å². The number of carbonyl (C=O) groups excluding carboxylic acids is 1. The van der Waals surface area contributed by atoms with Gasteiger partial charge in [0.2, 0.25) is 0 Å². The van der Waals surface area contributed by atoms with Crippen LogP contribution in [0.5, 0.6) is 17.2 Å². The summed E-state index contributed by atoms with van der Waals surface area (Å²) in [7, 11) is -2.95. The Bertz CT molecular complexity index is 1220. The first-order chi connectivity index (χ1) is 15.2. The second-order valence-electron chi connectivity index (χ2n) is 6.45. The molecule has 0 saturated carbocycles. The smallest absolute Gasteiger partial charge is 0.294 e. The molecule has 0 aromatic heterocycles. The molecule has 9 nitrogen and oxygen atoms in total. The molecule has 0 aliphatic rings. The second kappa shape index (κ2) is 10.1. The fourth-order valence-corrected chi connectivity index (χ4v) is 4.03. The van der Waals surface area contributed by atoms with Crippen LogP contribution in [-0.4, -0.2) is 31.1 Å². The van der Waals surface area contributed by atoms with Crippen LogP contribution in [0.2, 0.25) is 0 Å². The lowest BCUT2D eigenvalue weighted by atomic mass is 10.0. The lowest BCUT2D eigenvalue weighted by Crippen LogP contribution is -2.06. The van der Waals surface area contributed by atoms with Crippen LogP contribution < -0.4 is 9.47 Å². The summed E-state index contributed by atoms with van der Waals surface area (Å²) < 4.78 is 47.9. The number of aryl methyl sites for hydroxylation is 1. The maximum atomic E-state index is 12.9. The zero-order chi connectivity index (χ0) is 23.3. The van der Waals surface area contributed by atoms with Crippen LogP contribution in [-0.2, 0) is 19.5 Å². The molecule has 3 rings (SSSR count). The van der Waals surface area contributed by atoms with Gasteiger partial charge >= 0.3 is 0 Å². The van der Waals surface area contributed by atoms with Crippen LogP contribution in [0.25, 0.3) is 0 Å². The van der Waals surface area contributed by atoms with E-state index in [1.54, 1.807) is 31.4 Å². The quantitative estimate of drug-likeness (QED) is 0.147. The summed E-state index contributed by atoms with van der Waals surface area (Å²) in [6.45, 7) is 1.50. The number of rotatable bonds is 9. The molecule has 0 fully saturated rings. The van der Waals surface area contributed by atoms with E-state index in [4.69, 9.17) is 14.7 Å². The van der Waals surface area contributed by atoms with Crippen molar-refractivity contribution in [3.63, 3.8) is 0 Å². The van der Waals surface area contributed by atoms with Crippen LogP contribution >= 0.6 is 12.0 Å². The van der Waals surface area contributed by atoms with Gasteiger partial charge in [0.1, 0.15) is 17.2 Å². The van der Waals surface area contributed by atoms with Crippen LogP contribution in [0.15, 0.2) is 70.5 Å². The number of ether oxygens (including phenoxy) is 2. The third-order valence-corrected chi connectivity index (χ3v) is 6.00. The summed E-state index contributed by atoms with van der Waals surface area (Å²) in [5.74, 6) is 0.925. The molecule has 2 N–H and O–H groups in total. The summed E-state index contributed by atoms with van der Waals surface area (Å²) >= 11 is 0.601. The third kappa shape index (κ3) is 5.65. The van der Waals surface area contributed by atoms with Gasteiger partial charge in [-0.1, -0.05) is 17.2 Å². The largest absolute Gasteiger partial charge is 0.497 e. The Labute approximate surface area is 188 Å². The van der Waals surface area contributed by atoms with Crippen molar-refractivity contribution in [2.45, 2.75) is 16.7 Å². The molecule has 0 saturated heterocycles. The molecule has 0 aliphatic heterocycles. The number of hydrogen-bond acceptors (Lipinski definition) is 9. The van der Waals surface area contributed by atoms with Crippen LogP contribution in [0, 0.1) is 6.92 Å². The monoisotopic (exact) mass is 478 g/mol. The van der Waals surface area contributed by atoms with Gasteiger partial charge in [-0.25, -0.2) is 5.26 Å². The van der Waals surface area contributed by atoms with E-state index in [-0.39, 0.29) is 16.0 Å². The Morgan fingerprint density at radius 1 is 0.938 bits per heavy atom. The van der Waals surface area contributed by atoms with E-state index in [1.165, 1.54) is 37.3 Å². The molecule has 3 aromatic rings. The zero-order valence-electron chi connectivity index (χ0n) is 16.8. The first kappa shape index (κ1) is 23.7. The highest BCUT2D eigenvalue weighted by molar-refractivity contribution is 7.94. The molecule has 0 radical (unpaired) electrons. The van der Waals surface area contributed by atoms with Gasteiger partial charge in [0.25, 0.3) is 10.1 Å². The summed E-state index contributed by atoms with van der Waals surface area (Å²) in [6, 6.07) is 15.2. The van der Waals surface area contributed by atoms with Gasteiger partial charge in [-0.05, 0) is 61.0 Å². The Kier molecular flexibility index (Phi) is 7.51. The first-order valence-electron chi connectivity index (χ1n) is 8.96. The predicted molar refractivity (Wildman–Crippen MR) is 115 cm³/mol. The molecule has 0 spiro atoms. The van der Waals surface area contributed by atoms with E-state index in [9.17, 15) is 17.8 Å². The van der Waals surface area contributed by atoms with Crippen LogP contribution in [0.1, 0.15) is 21.5 Å². The fourth-order valence-electron chi connectivity index (χ4n) is 2.81. The van der Waals surface area contributed by atoms with Crippen molar-refractivity contribution >= 4 is 27.9 Å². The number of methoxy groups -OCH3 is 1. The summed E-state index contributed by atoms with van der Waals surface area (Å²) in [4.78, 5) is 12.9. The Hall–Kier alpha value is -2.93. The van der Waals surface area contributed by atoms with Gasteiger partial charge in [-0.3, -0.25) is 9.35 Å². The van der Waals surface area contributed by atoms with E-state index in [1.807, 2.05) is 0 Å². The van der Waals surface area contributed by atoms with Gasteiger partial charge in [0.15, 0.2) is 5.78 Å². The Morgan fingerprint density at radius 2 is 1.56 bits per heavy atom. The van der Waals surface area contributed by atoms with E-state index < -0.39 is 15.9 Å². The topological polar surface area (TPSA) is 129 Å². The van der Waals surface area contributed by atoms with Crippen molar-refractivity contribution in [1.29, 1.82) is 0 Å². The number of hydrogen-bond donors (Lipinski definition) is 2. The van der Waals surface area contributed by atoms with Gasteiger partial charge in [-0.2, -0.15) is 8.42 Å². The lowest BCUT2D eigenvalue weighted by Gasteiger charge is -2.12. The van der Waals surface area contributed by atoms with E-state index in [0.29, 0.717) is 39.8 Å². The van der Waals surface area contributed by atoms with Crippen molar-refractivity contribution < 1.29 is 41.9 Å². The maximum absolute atomic E-state index is 12.9. The molecule has 32 heavy (non-hydrogen) atoms. The second-order valence-corrected chi connectivity index (χ2v) is 8.58. The van der Waals surface area contributed by atoms with Crippen molar-refractivity contribution in [3.05, 3.63) is 77.4 Å². The molecular formula is C21H18O9S2. The van der Waals surface area contributed by atoms with E-state index >= 15 is 0 Å². The normalized spacial score (nSPS) is 11.2. The molecule has 0 aliphatic carbocycles. The van der Waals surface area contributed by atoms with E-state index in [0.717, 1.165) is 6.07 Å². The average molecular weight is 479 g/mol. The van der Waals surface area contributed by atoms with Gasteiger partial charge < -0.3 is 9.47 Å². The SMILES string of the molecule is COc1ccc(Oc2ccc(C(=O)c3ccc(C)c(S(=O)(=O)O)c3)cc2SOOO)cc1. The van der Waals surface area contributed by atoms with E-state index in [2.05, 4.69) is 9.37 Å². The molecular weight excluding hydrogens is 460 g/mol. The number of ketones is 1. The minimum Gasteiger partial charge on any atom is -0.497 e. The molecule has 0 amide bonds. The number of benzene rings is 3. The molecule has 0 atom stereocenters. The minimum absolute atomic E-state index is 0.0577. The predicted octanol–water partition coefficient (Wildman–Crippen LogP) is 4.70. The minimum atomic E-state index is -4.49. The van der Waals surface area contributed by atoms with Crippen LogP contribution in [0.4, 0.5) is 0 Å². The number of carbonyl (C=O) groups is 1. The standard InChI is InChI=1S/C21H18O9S2/c1-13-3-4-15(12-20(13)32(24,25)26)21(22)14-5-10-18(19(11-14)31-30-29-23)28-17-8-6-16(27-2)7-9-17/h3-12,23H,1-2H3,(H,24,25,26). The lowest BCUT2D eigenvalue weighted by molar-refractivity contribution is -0.432. The first-order valence-corrected chi connectivity index (χ1v) is 11.1. The van der Waals surface area contributed by atoms with Crippen molar-refractivity contribution in [3.8, 4) is 17.2 Å². The summed E-state index contributed by atoms with van der Waals surface area (Å²) in [6.07, 6.45) is 0. The van der Waals surface area contributed by atoms with Gasteiger partial charge in [0, 0.05) is 11.1 Å². The summed E-state index contributed by atoms with van der Waals surface area (Å²) in [5.41, 5.74) is 0.542. The average Bonchev–Trinajstić information content (AvgIpc) is 2.78. The molecule has 3 aromatic carbocycles. The van der Waals surface area contributed by atoms with Crippen molar-refractivity contribution in [2.75, 3.05) is 7.11 Å². The maximum Gasteiger partial charge on any atom is 0.294 e. The van der Waals surface area contributed by atoms with Gasteiger partial charge in [0.05, 0.1) is 28.9 Å². The molecule has 0 bridgehead atoms. The third-order valence-electron chi connectivity index (χ3n) is 4.38. The van der Waals surface area contributed by atoms with Gasteiger partial charge in [-0.15, -0.1) is 4.33 Å². The Balaban J connectivity index is 1.94. The fraction of sp³-hybridized carbons (Fsp3) is 0.0952. The molecule has 0 unspecified atom stereocenters. The molecule has 11 heteroatoms. The van der Waals surface area contributed by atoms with Crippen LogP contribution in [0.3, 0.4) is 0 Å². The Morgan fingerprint density at radius 3 is 2.19 bits per heavy atom. The highest BCUT2D eigenvalue weighted by atomic mass is 32.2.